The largest absolute Gasteiger partial charge is 0.449 e. The molecule has 0 heterocycles. The summed E-state index contributed by atoms with van der Waals surface area (Å²) in [5.41, 5.74) is 0.527. The molecule has 0 aromatic heterocycles. The third-order valence-electron chi connectivity index (χ3n) is 2.93. The maximum Gasteiger partial charge on any atom is 0.340 e. The normalized spacial score (nSPS) is 11.7. The Hall–Kier alpha value is -1.75. The van der Waals surface area contributed by atoms with Gasteiger partial charge in [0.2, 0.25) is 0 Å². The summed E-state index contributed by atoms with van der Waals surface area (Å²) in [5, 5.41) is 3.56. The Morgan fingerprint density at radius 2 is 1.74 bits per heavy atom. The van der Waals surface area contributed by atoms with E-state index in [-0.39, 0.29) is 10.6 Å². The second kappa shape index (κ2) is 7.68. The van der Waals surface area contributed by atoms with Gasteiger partial charge in [-0.3, -0.25) is 4.79 Å². The molecular formula is C16H12Cl3NO3. The number of nitrogens with one attached hydrogen (secondary N) is 1. The van der Waals surface area contributed by atoms with Gasteiger partial charge in [-0.1, -0.05) is 46.9 Å². The summed E-state index contributed by atoms with van der Waals surface area (Å²) in [6, 6.07) is 11.1. The Kier molecular flexibility index (Phi) is 5.88. The summed E-state index contributed by atoms with van der Waals surface area (Å²) < 4.78 is 5.11. The lowest BCUT2D eigenvalue weighted by molar-refractivity contribution is -0.123. The number of carbonyl (C=O) groups is 2. The lowest BCUT2D eigenvalue weighted by Gasteiger charge is -2.14. The molecule has 1 amide bonds. The van der Waals surface area contributed by atoms with Crippen molar-refractivity contribution in [1.82, 2.24) is 0 Å². The van der Waals surface area contributed by atoms with E-state index in [4.69, 9.17) is 39.5 Å². The Balaban J connectivity index is 2.04. The van der Waals surface area contributed by atoms with E-state index < -0.39 is 18.0 Å². The third kappa shape index (κ3) is 4.61. The van der Waals surface area contributed by atoms with E-state index in [0.717, 1.165) is 0 Å². The molecule has 0 unspecified atom stereocenters. The zero-order valence-corrected chi connectivity index (χ0v) is 14.2. The molecule has 0 aliphatic carbocycles. The predicted octanol–water partition coefficient (Wildman–Crippen LogP) is 4.83. The van der Waals surface area contributed by atoms with Crippen LogP contribution in [0.5, 0.6) is 0 Å². The van der Waals surface area contributed by atoms with Crippen molar-refractivity contribution in [2.45, 2.75) is 13.0 Å². The third-order valence-corrected chi connectivity index (χ3v) is 3.83. The van der Waals surface area contributed by atoms with Crippen molar-refractivity contribution in [3.05, 3.63) is 63.1 Å². The fraction of sp³-hybridized carbons (Fsp3) is 0.125. The van der Waals surface area contributed by atoms with Crippen LogP contribution in [0.3, 0.4) is 0 Å². The van der Waals surface area contributed by atoms with Crippen LogP contribution >= 0.6 is 34.8 Å². The van der Waals surface area contributed by atoms with Gasteiger partial charge in [0, 0.05) is 5.02 Å². The molecular weight excluding hydrogens is 361 g/mol. The van der Waals surface area contributed by atoms with Crippen LogP contribution in [0, 0.1) is 0 Å². The zero-order valence-electron chi connectivity index (χ0n) is 12.0. The van der Waals surface area contributed by atoms with Crippen LogP contribution in [-0.2, 0) is 9.53 Å². The van der Waals surface area contributed by atoms with Crippen molar-refractivity contribution in [1.29, 1.82) is 0 Å². The van der Waals surface area contributed by atoms with Gasteiger partial charge in [-0.15, -0.1) is 0 Å². The number of rotatable bonds is 4. The highest BCUT2D eigenvalue weighted by Crippen LogP contribution is 2.25. The number of esters is 1. The Morgan fingerprint density at radius 3 is 2.43 bits per heavy atom. The monoisotopic (exact) mass is 371 g/mol. The lowest BCUT2D eigenvalue weighted by Crippen LogP contribution is -2.30. The smallest absolute Gasteiger partial charge is 0.340 e. The van der Waals surface area contributed by atoms with E-state index in [1.54, 1.807) is 30.3 Å². The highest BCUT2D eigenvalue weighted by atomic mass is 35.5. The Labute approximate surface area is 148 Å². The average Bonchev–Trinajstić information content (AvgIpc) is 2.51. The highest BCUT2D eigenvalue weighted by molar-refractivity contribution is 6.35. The van der Waals surface area contributed by atoms with Gasteiger partial charge in [-0.05, 0) is 37.3 Å². The van der Waals surface area contributed by atoms with Crippen molar-refractivity contribution in [2.75, 3.05) is 5.32 Å². The zero-order chi connectivity index (χ0) is 17.0. The molecule has 0 saturated carbocycles. The molecule has 120 valence electrons. The first-order valence-corrected chi connectivity index (χ1v) is 7.73. The van der Waals surface area contributed by atoms with Crippen molar-refractivity contribution < 1.29 is 14.3 Å². The number of hydrogen-bond acceptors (Lipinski definition) is 3. The van der Waals surface area contributed by atoms with Gasteiger partial charge >= 0.3 is 5.97 Å². The minimum atomic E-state index is -1.03. The summed E-state index contributed by atoms with van der Waals surface area (Å²) in [7, 11) is 0. The van der Waals surface area contributed by atoms with Crippen LogP contribution in [0.2, 0.25) is 15.1 Å². The summed E-state index contributed by atoms with van der Waals surface area (Å²) >= 11 is 17.7. The van der Waals surface area contributed by atoms with E-state index in [0.29, 0.717) is 15.7 Å². The second-order valence-corrected chi connectivity index (χ2v) is 5.89. The Morgan fingerprint density at radius 1 is 1.04 bits per heavy atom. The summed E-state index contributed by atoms with van der Waals surface area (Å²) in [6.45, 7) is 1.45. The maximum atomic E-state index is 12.1. The lowest BCUT2D eigenvalue weighted by atomic mass is 10.2. The quantitative estimate of drug-likeness (QED) is 0.782. The van der Waals surface area contributed by atoms with Crippen LogP contribution in [0.1, 0.15) is 17.3 Å². The fourth-order valence-corrected chi connectivity index (χ4v) is 2.28. The topological polar surface area (TPSA) is 55.4 Å². The van der Waals surface area contributed by atoms with E-state index >= 15 is 0 Å². The summed E-state index contributed by atoms with van der Waals surface area (Å²) in [6.07, 6.45) is -1.03. The summed E-state index contributed by atoms with van der Waals surface area (Å²) in [5.74, 6) is -1.22. The maximum absolute atomic E-state index is 12.1. The number of ether oxygens (including phenoxy) is 1. The molecule has 0 aliphatic heterocycles. The van der Waals surface area contributed by atoms with Crippen LogP contribution in [0.25, 0.3) is 0 Å². The van der Waals surface area contributed by atoms with Crippen molar-refractivity contribution in [3.63, 3.8) is 0 Å². The average molecular weight is 373 g/mol. The van der Waals surface area contributed by atoms with Crippen LogP contribution < -0.4 is 5.32 Å². The van der Waals surface area contributed by atoms with Crippen molar-refractivity contribution >= 4 is 52.4 Å². The van der Waals surface area contributed by atoms with Gasteiger partial charge in [0.1, 0.15) is 0 Å². The van der Waals surface area contributed by atoms with Gasteiger partial charge in [-0.2, -0.15) is 0 Å². The van der Waals surface area contributed by atoms with Crippen LogP contribution in [-0.4, -0.2) is 18.0 Å². The van der Waals surface area contributed by atoms with Crippen molar-refractivity contribution in [3.8, 4) is 0 Å². The first-order valence-electron chi connectivity index (χ1n) is 6.60. The first kappa shape index (κ1) is 17.6. The van der Waals surface area contributed by atoms with E-state index in [1.165, 1.54) is 19.1 Å². The van der Waals surface area contributed by atoms with Gasteiger partial charge in [0.05, 0.1) is 21.3 Å². The van der Waals surface area contributed by atoms with Crippen LogP contribution in [0.4, 0.5) is 5.69 Å². The van der Waals surface area contributed by atoms with Crippen LogP contribution in [0.15, 0.2) is 42.5 Å². The van der Waals surface area contributed by atoms with Gasteiger partial charge in [-0.25, -0.2) is 4.79 Å². The van der Waals surface area contributed by atoms with Gasteiger partial charge < -0.3 is 10.1 Å². The number of benzene rings is 2. The Bertz CT molecular complexity index is 749. The molecule has 2 rings (SSSR count). The molecule has 2 aromatic rings. The molecule has 7 heteroatoms. The second-order valence-electron chi connectivity index (χ2n) is 4.64. The molecule has 0 spiro atoms. The van der Waals surface area contributed by atoms with E-state index in [9.17, 15) is 9.59 Å². The molecule has 4 nitrogen and oxygen atoms in total. The predicted molar refractivity (Wildman–Crippen MR) is 91.4 cm³/mol. The van der Waals surface area contributed by atoms with Crippen molar-refractivity contribution in [2.24, 2.45) is 0 Å². The summed E-state index contributed by atoms with van der Waals surface area (Å²) in [4.78, 5) is 24.1. The SMILES string of the molecule is C[C@H](OC(=O)c1ccccc1Cl)C(=O)Nc1cc(Cl)ccc1Cl. The standard InChI is InChI=1S/C16H12Cl3NO3/c1-9(23-16(22)11-4-2-3-5-12(11)18)15(21)20-14-8-10(17)6-7-13(14)19/h2-9H,1H3,(H,20,21)/t9-/m0/s1. The molecule has 0 radical (unpaired) electrons. The minimum Gasteiger partial charge on any atom is -0.449 e. The number of anilines is 1. The molecule has 0 bridgehead atoms. The number of amides is 1. The highest BCUT2D eigenvalue weighted by Gasteiger charge is 2.21. The molecule has 0 saturated heterocycles. The molecule has 1 atom stereocenters. The van der Waals surface area contributed by atoms with Gasteiger partial charge in [0.15, 0.2) is 6.10 Å². The molecule has 0 fully saturated rings. The molecule has 1 N–H and O–H groups in total. The molecule has 0 aliphatic rings. The van der Waals surface area contributed by atoms with Gasteiger partial charge in [0.25, 0.3) is 5.91 Å². The number of hydrogen-bond donors (Lipinski definition) is 1. The molecule has 23 heavy (non-hydrogen) atoms. The van der Waals surface area contributed by atoms with E-state index in [1.807, 2.05) is 0 Å². The van der Waals surface area contributed by atoms with E-state index in [2.05, 4.69) is 5.32 Å². The number of halogens is 3. The number of carbonyl (C=O) groups excluding carboxylic acids is 2. The molecule has 2 aromatic carbocycles. The first-order chi connectivity index (χ1) is 10.9. The minimum absolute atomic E-state index is 0.189. The fourth-order valence-electron chi connectivity index (χ4n) is 1.73.